The van der Waals surface area contributed by atoms with Crippen LogP contribution in [0.1, 0.15) is 44.1 Å². The van der Waals surface area contributed by atoms with Crippen LogP contribution in [0.4, 0.5) is 5.69 Å². The molecule has 1 heterocycles. The van der Waals surface area contributed by atoms with E-state index < -0.39 is 5.97 Å². The molecular weight excluding hydrogens is 218 g/mol. The molecule has 96 valence electrons. The van der Waals surface area contributed by atoms with E-state index in [-0.39, 0.29) is 5.69 Å². The molecule has 1 rings (SSSR count). The van der Waals surface area contributed by atoms with E-state index in [9.17, 15) is 4.79 Å². The van der Waals surface area contributed by atoms with Crippen molar-refractivity contribution in [2.24, 2.45) is 5.92 Å². The molecule has 0 amide bonds. The van der Waals surface area contributed by atoms with E-state index in [4.69, 9.17) is 10.5 Å². The second-order valence-corrected chi connectivity index (χ2v) is 4.28. The van der Waals surface area contributed by atoms with Gasteiger partial charge in [0.1, 0.15) is 0 Å². The number of aromatic nitrogens is 2. The van der Waals surface area contributed by atoms with Gasteiger partial charge in [-0.15, -0.1) is 0 Å². The Bertz CT molecular complexity index is 374. The molecule has 1 aromatic heterocycles. The lowest BCUT2D eigenvalue weighted by Gasteiger charge is -2.09. The van der Waals surface area contributed by atoms with Gasteiger partial charge >= 0.3 is 5.97 Å². The van der Waals surface area contributed by atoms with E-state index in [1.165, 1.54) is 0 Å². The molecule has 2 N–H and O–H groups in total. The van der Waals surface area contributed by atoms with E-state index in [0.29, 0.717) is 24.8 Å². The Labute approximate surface area is 102 Å². The number of carbonyl (C=O) groups excluding carboxylic acids is 1. The van der Waals surface area contributed by atoms with Gasteiger partial charge in [0.25, 0.3) is 0 Å². The van der Waals surface area contributed by atoms with Crippen molar-refractivity contribution in [3.05, 3.63) is 11.9 Å². The number of aryl methyl sites for hydroxylation is 1. The Morgan fingerprint density at radius 2 is 2.29 bits per heavy atom. The number of nitrogen functional groups attached to an aromatic ring is 1. The standard InChI is InChI=1S/C12H21N3O2/c1-4-6-9(3)8-17-12(16)11-10(13)7-15(5-2)14-11/h7,9H,4-6,8,13H2,1-3H3. The zero-order valence-corrected chi connectivity index (χ0v) is 10.8. The molecule has 17 heavy (non-hydrogen) atoms. The summed E-state index contributed by atoms with van der Waals surface area (Å²) in [6.45, 7) is 7.21. The Balaban J connectivity index is 2.54. The lowest BCUT2D eigenvalue weighted by atomic mass is 10.1. The Kier molecular flexibility index (Phi) is 5.00. The van der Waals surface area contributed by atoms with Crippen LogP contribution in [0.2, 0.25) is 0 Å². The molecule has 0 bridgehead atoms. The molecule has 0 aliphatic rings. The molecule has 1 atom stereocenters. The first-order valence-electron chi connectivity index (χ1n) is 6.08. The Morgan fingerprint density at radius 3 is 2.82 bits per heavy atom. The molecule has 0 fully saturated rings. The van der Waals surface area contributed by atoms with Gasteiger partial charge in [-0.2, -0.15) is 5.10 Å². The highest BCUT2D eigenvalue weighted by molar-refractivity contribution is 5.92. The molecule has 5 heteroatoms. The first kappa shape index (κ1) is 13.5. The third-order valence-electron chi connectivity index (χ3n) is 2.59. The van der Waals surface area contributed by atoms with Crippen LogP contribution in [0.5, 0.6) is 0 Å². The van der Waals surface area contributed by atoms with Gasteiger partial charge < -0.3 is 10.5 Å². The summed E-state index contributed by atoms with van der Waals surface area (Å²) in [5, 5.41) is 4.07. The number of carbonyl (C=O) groups is 1. The number of nitrogens with two attached hydrogens (primary N) is 1. The number of rotatable bonds is 6. The third-order valence-corrected chi connectivity index (χ3v) is 2.59. The monoisotopic (exact) mass is 239 g/mol. The SMILES string of the molecule is CCCC(C)COC(=O)c1nn(CC)cc1N. The van der Waals surface area contributed by atoms with Gasteiger partial charge in [0.2, 0.25) is 0 Å². The quantitative estimate of drug-likeness (QED) is 0.771. The summed E-state index contributed by atoms with van der Waals surface area (Å²) in [5.74, 6) is -0.0592. The van der Waals surface area contributed by atoms with Crippen LogP contribution in [0.25, 0.3) is 0 Å². The molecule has 0 saturated carbocycles. The van der Waals surface area contributed by atoms with Crippen LogP contribution in [0, 0.1) is 5.92 Å². The molecule has 1 unspecified atom stereocenters. The smallest absolute Gasteiger partial charge is 0.361 e. The summed E-state index contributed by atoms with van der Waals surface area (Å²) in [4.78, 5) is 11.7. The number of ether oxygens (including phenoxy) is 1. The molecule has 1 aromatic rings. The second kappa shape index (κ2) is 6.27. The van der Waals surface area contributed by atoms with Gasteiger partial charge in [-0.25, -0.2) is 4.79 Å². The maximum Gasteiger partial charge on any atom is 0.361 e. The maximum atomic E-state index is 11.7. The lowest BCUT2D eigenvalue weighted by Crippen LogP contribution is -2.14. The molecule has 0 spiro atoms. The fraction of sp³-hybridized carbons (Fsp3) is 0.667. The summed E-state index contributed by atoms with van der Waals surface area (Å²) in [6.07, 6.45) is 3.78. The lowest BCUT2D eigenvalue weighted by molar-refractivity contribution is 0.0437. The minimum Gasteiger partial charge on any atom is -0.461 e. The zero-order chi connectivity index (χ0) is 12.8. The first-order valence-corrected chi connectivity index (χ1v) is 6.08. The Morgan fingerprint density at radius 1 is 1.59 bits per heavy atom. The van der Waals surface area contributed by atoms with Gasteiger partial charge in [0, 0.05) is 12.7 Å². The normalized spacial score (nSPS) is 12.4. The molecular formula is C12H21N3O2. The highest BCUT2D eigenvalue weighted by Crippen LogP contribution is 2.12. The molecule has 0 radical (unpaired) electrons. The van der Waals surface area contributed by atoms with Crippen molar-refractivity contribution in [3.63, 3.8) is 0 Å². The van der Waals surface area contributed by atoms with E-state index in [1.54, 1.807) is 10.9 Å². The van der Waals surface area contributed by atoms with Crippen LogP contribution in [0.15, 0.2) is 6.20 Å². The summed E-state index contributed by atoms with van der Waals surface area (Å²) >= 11 is 0. The fourth-order valence-electron chi connectivity index (χ4n) is 1.62. The van der Waals surface area contributed by atoms with Gasteiger partial charge in [0.15, 0.2) is 5.69 Å². The summed E-state index contributed by atoms with van der Waals surface area (Å²) in [6, 6.07) is 0. The predicted molar refractivity (Wildman–Crippen MR) is 66.7 cm³/mol. The Hall–Kier alpha value is -1.52. The van der Waals surface area contributed by atoms with Crippen LogP contribution in [-0.2, 0) is 11.3 Å². The van der Waals surface area contributed by atoms with Gasteiger partial charge in [-0.3, -0.25) is 4.68 Å². The summed E-state index contributed by atoms with van der Waals surface area (Å²) in [7, 11) is 0. The van der Waals surface area contributed by atoms with E-state index in [0.717, 1.165) is 12.8 Å². The van der Waals surface area contributed by atoms with E-state index >= 15 is 0 Å². The highest BCUT2D eigenvalue weighted by Gasteiger charge is 2.16. The number of esters is 1. The topological polar surface area (TPSA) is 70.1 Å². The minimum absolute atomic E-state index is 0.218. The number of hydrogen-bond donors (Lipinski definition) is 1. The average molecular weight is 239 g/mol. The minimum atomic E-state index is -0.433. The van der Waals surface area contributed by atoms with Gasteiger partial charge in [-0.1, -0.05) is 20.3 Å². The van der Waals surface area contributed by atoms with Crippen molar-refractivity contribution in [2.45, 2.75) is 40.2 Å². The highest BCUT2D eigenvalue weighted by atomic mass is 16.5. The zero-order valence-electron chi connectivity index (χ0n) is 10.8. The van der Waals surface area contributed by atoms with Crippen molar-refractivity contribution in [2.75, 3.05) is 12.3 Å². The second-order valence-electron chi connectivity index (χ2n) is 4.28. The van der Waals surface area contributed by atoms with Crippen molar-refractivity contribution >= 4 is 11.7 Å². The van der Waals surface area contributed by atoms with E-state index in [1.807, 2.05) is 6.92 Å². The van der Waals surface area contributed by atoms with Crippen LogP contribution >= 0.6 is 0 Å². The average Bonchev–Trinajstić information content (AvgIpc) is 2.68. The van der Waals surface area contributed by atoms with Gasteiger partial charge in [-0.05, 0) is 19.3 Å². The van der Waals surface area contributed by atoms with Crippen molar-refractivity contribution < 1.29 is 9.53 Å². The largest absolute Gasteiger partial charge is 0.461 e. The molecule has 5 nitrogen and oxygen atoms in total. The molecule has 0 aliphatic heterocycles. The predicted octanol–water partition coefficient (Wildman–Crippen LogP) is 2.08. The van der Waals surface area contributed by atoms with Crippen molar-refractivity contribution in [1.82, 2.24) is 9.78 Å². The summed E-state index contributed by atoms with van der Waals surface area (Å²) < 4.78 is 6.81. The van der Waals surface area contributed by atoms with E-state index in [2.05, 4.69) is 18.9 Å². The number of nitrogens with zero attached hydrogens (tertiary/aromatic N) is 2. The molecule has 0 saturated heterocycles. The summed E-state index contributed by atoms with van der Waals surface area (Å²) in [5.41, 5.74) is 6.29. The van der Waals surface area contributed by atoms with Crippen molar-refractivity contribution in [1.29, 1.82) is 0 Å². The fourth-order valence-corrected chi connectivity index (χ4v) is 1.62. The van der Waals surface area contributed by atoms with Crippen LogP contribution in [-0.4, -0.2) is 22.4 Å². The van der Waals surface area contributed by atoms with Crippen molar-refractivity contribution in [3.8, 4) is 0 Å². The number of anilines is 1. The number of hydrogen-bond acceptors (Lipinski definition) is 4. The molecule has 0 aliphatic carbocycles. The van der Waals surface area contributed by atoms with Crippen LogP contribution in [0.3, 0.4) is 0 Å². The third kappa shape index (κ3) is 3.76. The van der Waals surface area contributed by atoms with Crippen LogP contribution < -0.4 is 5.73 Å². The molecule has 0 aromatic carbocycles. The van der Waals surface area contributed by atoms with Gasteiger partial charge in [0.05, 0.1) is 12.3 Å². The first-order chi connectivity index (χ1) is 8.08. The maximum absolute atomic E-state index is 11.7.